The van der Waals surface area contributed by atoms with Gasteiger partial charge in [-0.1, -0.05) is 56.2 Å². The van der Waals surface area contributed by atoms with Crippen molar-refractivity contribution in [3.8, 4) is 11.5 Å². The Morgan fingerprint density at radius 3 is 2.40 bits per heavy atom. The van der Waals surface area contributed by atoms with Crippen LogP contribution in [-0.4, -0.2) is 25.0 Å². The van der Waals surface area contributed by atoms with Gasteiger partial charge in [0.2, 0.25) is 0 Å². The largest absolute Gasteiger partial charge is 0.494 e. The number of fused-ring (bicyclic) bond motifs is 1. The average molecular weight is 406 g/mol. The number of carbonyl (C=O) groups is 2. The lowest BCUT2D eigenvalue weighted by Gasteiger charge is -2.11. The zero-order valence-electron chi connectivity index (χ0n) is 17.0. The van der Waals surface area contributed by atoms with E-state index in [1.54, 1.807) is 30.3 Å². The van der Waals surface area contributed by atoms with Crippen molar-refractivity contribution in [3.63, 3.8) is 0 Å². The van der Waals surface area contributed by atoms with Crippen LogP contribution in [0.4, 0.5) is 0 Å². The third-order valence-electron chi connectivity index (χ3n) is 4.56. The molecular weight excluding hydrogens is 380 g/mol. The minimum absolute atomic E-state index is 0.209. The molecule has 6 heteroatoms. The van der Waals surface area contributed by atoms with Gasteiger partial charge in [-0.25, -0.2) is 0 Å². The van der Waals surface area contributed by atoms with Crippen molar-refractivity contribution in [3.05, 3.63) is 72.3 Å². The van der Waals surface area contributed by atoms with Crippen LogP contribution in [0.2, 0.25) is 0 Å². The predicted octanol–water partition coefficient (Wildman–Crippen LogP) is 4.25. The summed E-state index contributed by atoms with van der Waals surface area (Å²) in [6.45, 7) is 2.59. The number of hydrogen-bond donors (Lipinski definition) is 2. The summed E-state index contributed by atoms with van der Waals surface area (Å²) in [4.78, 5) is 24.2. The van der Waals surface area contributed by atoms with E-state index < -0.39 is 11.8 Å². The second kappa shape index (κ2) is 10.9. The van der Waals surface area contributed by atoms with Gasteiger partial charge in [0, 0.05) is 10.9 Å². The summed E-state index contributed by atoms with van der Waals surface area (Å²) in [6.07, 6.45) is 3.27. The molecule has 3 rings (SSSR count). The molecule has 0 atom stereocenters. The molecule has 0 aliphatic heterocycles. The Morgan fingerprint density at radius 2 is 1.60 bits per heavy atom. The van der Waals surface area contributed by atoms with E-state index >= 15 is 0 Å². The fraction of sp³-hybridized carbons (Fsp3) is 0.250. The van der Waals surface area contributed by atoms with Crippen molar-refractivity contribution in [1.82, 2.24) is 10.9 Å². The van der Waals surface area contributed by atoms with E-state index in [0.717, 1.165) is 35.8 Å². The molecule has 0 fully saturated rings. The second-order valence-corrected chi connectivity index (χ2v) is 6.85. The maximum absolute atomic E-state index is 12.2. The van der Waals surface area contributed by atoms with E-state index in [0.29, 0.717) is 17.9 Å². The van der Waals surface area contributed by atoms with Crippen molar-refractivity contribution >= 4 is 22.6 Å². The maximum atomic E-state index is 12.2. The molecule has 3 aromatic rings. The van der Waals surface area contributed by atoms with Crippen molar-refractivity contribution in [2.75, 3.05) is 13.2 Å². The topological polar surface area (TPSA) is 76.7 Å². The van der Waals surface area contributed by atoms with Gasteiger partial charge >= 0.3 is 0 Å². The van der Waals surface area contributed by atoms with E-state index in [2.05, 4.69) is 17.8 Å². The number of carbonyl (C=O) groups excluding carboxylic acids is 2. The van der Waals surface area contributed by atoms with Crippen molar-refractivity contribution in [1.29, 1.82) is 0 Å². The van der Waals surface area contributed by atoms with Gasteiger partial charge in [-0.05, 0) is 42.1 Å². The number of amides is 2. The molecule has 30 heavy (non-hydrogen) atoms. The smallest absolute Gasteiger partial charge is 0.276 e. The molecule has 2 N–H and O–H groups in total. The number of benzene rings is 3. The van der Waals surface area contributed by atoms with E-state index in [4.69, 9.17) is 9.47 Å². The standard InChI is InChI=1S/C24H26N2O4/c1-2-3-6-16-29-20-14-12-19(13-15-20)24(28)26-25-23(27)17-30-22-11-7-9-18-8-4-5-10-21(18)22/h4-5,7-15H,2-3,6,16-17H2,1H3,(H,25,27)(H,26,28). The highest BCUT2D eigenvalue weighted by molar-refractivity contribution is 5.95. The first-order valence-corrected chi connectivity index (χ1v) is 10.1. The van der Waals surface area contributed by atoms with Crippen LogP contribution in [0.1, 0.15) is 36.5 Å². The molecule has 0 unspecified atom stereocenters. The Kier molecular flexibility index (Phi) is 7.66. The van der Waals surface area contributed by atoms with Crippen molar-refractivity contribution in [2.24, 2.45) is 0 Å². The molecule has 0 saturated heterocycles. The molecule has 6 nitrogen and oxygen atoms in total. The zero-order chi connectivity index (χ0) is 21.2. The monoisotopic (exact) mass is 406 g/mol. The van der Waals surface area contributed by atoms with Crippen LogP contribution >= 0.6 is 0 Å². The fourth-order valence-corrected chi connectivity index (χ4v) is 2.94. The van der Waals surface area contributed by atoms with Gasteiger partial charge in [0.1, 0.15) is 11.5 Å². The SMILES string of the molecule is CCCCCOc1ccc(C(=O)NNC(=O)COc2cccc3ccccc23)cc1. The summed E-state index contributed by atoms with van der Waals surface area (Å²) in [5.41, 5.74) is 5.18. The first-order valence-electron chi connectivity index (χ1n) is 10.1. The molecule has 0 aromatic heterocycles. The molecule has 2 amide bonds. The van der Waals surface area contributed by atoms with E-state index in [9.17, 15) is 9.59 Å². The molecule has 0 aliphatic rings. The summed E-state index contributed by atoms with van der Waals surface area (Å²) in [5.74, 6) is 0.470. The zero-order valence-corrected chi connectivity index (χ0v) is 17.0. The van der Waals surface area contributed by atoms with Crippen molar-refractivity contribution < 1.29 is 19.1 Å². The summed E-state index contributed by atoms with van der Waals surface area (Å²) in [5, 5.41) is 1.95. The van der Waals surface area contributed by atoms with E-state index in [-0.39, 0.29) is 6.61 Å². The number of nitrogens with one attached hydrogen (secondary N) is 2. The summed E-state index contributed by atoms with van der Waals surface area (Å²) < 4.78 is 11.2. The van der Waals surface area contributed by atoms with Crippen LogP contribution in [0.15, 0.2) is 66.7 Å². The van der Waals surface area contributed by atoms with Crippen LogP contribution in [0, 0.1) is 0 Å². The lowest BCUT2D eigenvalue weighted by molar-refractivity contribution is -0.123. The van der Waals surface area contributed by atoms with Crippen molar-refractivity contribution in [2.45, 2.75) is 26.2 Å². The number of unbranched alkanes of at least 4 members (excludes halogenated alkanes) is 2. The van der Waals surface area contributed by atoms with Gasteiger partial charge in [-0.15, -0.1) is 0 Å². The third kappa shape index (κ3) is 5.98. The molecule has 0 saturated carbocycles. The Labute approximate surface area is 176 Å². The number of rotatable bonds is 9. The highest BCUT2D eigenvalue weighted by Crippen LogP contribution is 2.24. The Hall–Kier alpha value is -3.54. The van der Waals surface area contributed by atoms with Crippen LogP contribution in [0.5, 0.6) is 11.5 Å². The second-order valence-electron chi connectivity index (χ2n) is 6.85. The molecule has 156 valence electrons. The van der Waals surface area contributed by atoms with E-state index in [1.807, 2.05) is 36.4 Å². The Bertz CT molecular complexity index is 981. The lowest BCUT2D eigenvalue weighted by atomic mass is 10.1. The Balaban J connectivity index is 1.44. The molecule has 3 aromatic carbocycles. The molecule has 0 radical (unpaired) electrons. The maximum Gasteiger partial charge on any atom is 0.276 e. The first-order chi connectivity index (χ1) is 14.7. The molecule has 0 aliphatic carbocycles. The third-order valence-corrected chi connectivity index (χ3v) is 4.56. The minimum atomic E-state index is -0.452. The lowest BCUT2D eigenvalue weighted by Crippen LogP contribution is -2.43. The van der Waals surface area contributed by atoms with Gasteiger partial charge in [0.05, 0.1) is 6.61 Å². The summed E-state index contributed by atoms with van der Waals surface area (Å²) in [7, 11) is 0. The summed E-state index contributed by atoms with van der Waals surface area (Å²) >= 11 is 0. The quantitative estimate of drug-likeness (QED) is 0.411. The molecular formula is C24H26N2O4. The number of hydrazine groups is 1. The van der Waals surface area contributed by atoms with E-state index in [1.165, 1.54) is 0 Å². The van der Waals surface area contributed by atoms with Gasteiger partial charge < -0.3 is 9.47 Å². The normalized spacial score (nSPS) is 10.4. The number of ether oxygens (including phenoxy) is 2. The predicted molar refractivity (Wildman–Crippen MR) is 117 cm³/mol. The van der Waals surface area contributed by atoms with Crippen LogP contribution in [-0.2, 0) is 4.79 Å². The molecule has 0 heterocycles. The Morgan fingerprint density at radius 1 is 0.833 bits per heavy atom. The van der Waals surface area contributed by atoms with Gasteiger partial charge in [0.25, 0.3) is 11.8 Å². The van der Waals surface area contributed by atoms with Gasteiger partial charge in [-0.3, -0.25) is 20.4 Å². The van der Waals surface area contributed by atoms with Crippen LogP contribution < -0.4 is 20.3 Å². The fourth-order valence-electron chi connectivity index (χ4n) is 2.94. The average Bonchev–Trinajstić information content (AvgIpc) is 2.79. The highest BCUT2D eigenvalue weighted by atomic mass is 16.5. The van der Waals surface area contributed by atoms with Gasteiger partial charge in [-0.2, -0.15) is 0 Å². The van der Waals surface area contributed by atoms with Gasteiger partial charge in [0.15, 0.2) is 6.61 Å². The molecule has 0 spiro atoms. The highest BCUT2D eigenvalue weighted by Gasteiger charge is 2.09. The number of hydrogen-bond acceptors (Lipinski definition) is 4. The minimum Gasteiger partial charge on any atom is -0.494 e. The van der Waals surface area contributed by atoms with Crippen LogP contribution in [0.25, 0.3) is 10.8 Å². The van der Waals surface area contributed by atoms with Crippen LogP contribution in [0.3, 0.4) is 0 Å². The summed E-state index contributed by atoms with van der Waals surface area (Å²) in [6, 6.07) is 20.2. The first kappa shape index (κ1) is 21.2. The molecule has 0 bridgehead atoms.